The molecule has 0 aliphatic rings. The Morgan fingerprint density at radius 2 is 1.76 bits per heavy atom. The summed E-state index contributed by atoms with van der Waals surface area (Å²) >= 11 is 11.7. The zero-order valence-electron chi connectivity index (χ0n) is 10.7. The average molecular weight is 318 g/mol. The van der Waals surface area contributed by atoms with Crippen molar-refractivity contribution in [1.82, 2.24) is 0 Å². The van der Waals surface area contributed by atoms with Gasteiger partial charge in [-0.25, -0.2) is 0 Å². The first-order chi connectivity index (χ1) is 10.0. The molecular formula is C15H9Cl2N3O. The molecule has 4 nitrogen and oxygen atoms in total. The van der Waals surface area contributed by atoms with Crippen LogP contribution in [0.2, 0.25) is 10.0 Å². The second kappa shape index (κ2) is 6.37. The number of phenols is 1. The van der Waals surface area contributed by atoms with E-state index in [1.54, 1.807) is 24.3 Å². The van der Waals surface area contributed by atoms with Crippen LogP contribution in [0.1, 0.15) is 16.7 Å². The summed E-state index contributed by atoms with van der Waals surface area (Å²) in [7, 11) is 0. The summed E-state index contributed by atoms with van der Waals surface area (Å²) in [6.45, 7) is 0.281. The minimum atomic E-state index is -0.0391. The first-order valence-corrected chi connectivity index (χ1v) is 6.65. The van der Waals surface area contributed by atoms with E-state index in [1.807, 2.05) is 12.1 Å². The molecule has 2 rings (SSSR count). The molecule has 0 unspecified atom stereocenters. The quantitative estimate of drug-likeness (QED) is 0.894. The van der Waals surface area contributed by atoms with Crippen molar-refractivity contribution in [3.63, 3.8) is 0 Å². The maximum Gasteiger partial charge on any atom is 0.139 e. The summed E-state index contributed by atoms with van der Waals surface area (Å²) in [5.74, 6) is -0.0391. The first kappa shape index (κ1) is 15.0. The monoisotopic (exact) mass is 317 g/mol. The Kier molecular flexibility index (Phi) is 4.55. The van der Waals surface area contributed by atoms with Crippen LogP contribution in [0.15, 0.2) is 30.3 Å². The third-order valence-corrected chi connectivity index (χ3v) is 3.36. The summed E-state index contributed by atoms with van der Waals surface area (Å²) in [5, 5.41) is 31.3. The van der Waals surface area contributed by atoms with Gasteiger partial charge in [0, 0.05) is 22.8 Å². The molecule has 0 radical (unpaired) electrons. The number of halogens is 2. The van der Waals surface area contributed by atoms with Gasteiger partial charge in [0.05, 0.1) is 16.1 Å². The third-order valence-electron chi connectivity index (χ3n) is 2.85. The van der Waals surface area contributed by atoms with Crippen molar-refractivity contribution < 1.29 is 5.11 Å². The Bertz CT molecular complexity index is 776. The van der Waals surface area contributed by atoms with Gasteiger partial charge >= 0.3 is 0 Å². The molecular weight excluding hydrogens is 309 g/mol. The van der Waals surface area contributed by atoms with E-state index in [4.69, 9.17) is 33.7 Å². The smallest absolute Gasteiger partial charge is 0.139 e. The first-order valence-electron chi connectivity index (χ1n) is 5.90. The number of nitrogens with zero attached hydrogens (tertiary/aromatic N) is 2. The van der Waals surface area contributed by atoms with Crippen molar-refractivity contribution >= 4 is 28.9 Å². The molecule has 0 aliphatic heterocycles. The van der Waals surface area contributed by atoms with Gasteiger partial charge < -0.3 is 10.4 Å². The second-order valence-electron chi connectivity index (χ2n) is 4.23. The molecule has 0 atom stereocenters. The largest absolute Gasteiger partial charge is 0.506 e. The highest BCUT2D eigenvalue weighted by atomic mass is 35.5. The van der Waals surface area contributed by atoms with Crippen LogP contribution >= 0.6 is 23.2 Å². The van der Waals surface area contributed by atoms with Gasteiger partial charge in [0.25, 0.3) is 0 Å². The van der Waals surface area contributed by atoms with Gasteiger partial charge in [0.15, 0.2) is 0 Å². The van der Waals surface area contributed by atoms with E-state index in [-0.39, 0.29) is 22.9 Å². The lowest BCUT2D eigenvalue weighted by molar-refractivity contribution is 0.469. The van der Waals surface area contributed by atoms with Crippen LogP contribution in [0, 0.1) is 22.7 Å². The lowest BCUT2D eigenvalue weighted by Crippen LogP contribution is -2.01. The molecule has 21 heavy (non-hydrogen) atoms. The minimum absolute atomic E-state index is 0.0391. The number of rotatable bonds is 3. The molecule has 0 saturated carbocycles. The number of nitriles is 2. The molecule has 6 heteroatoms. The van der Waals surface area contributed by atoms with E-state index in [0.29, 0.717) is 21.8 Å². The third kappa shape index (κ3) is 3.38. The van der Waals surface area contributed by atoms with E-state index in [2.05, 4.69) is 5.32 Å². The zero-order chi connectivity index (χ0) is 15.4. The molecule has 0 heterocycles. The van der Waals surface area contributed by atoms with Crippen molar-refractivity contribution in [2.24, 2.45) is 0 Å². The molecule has 2 aromatic carbocycles. The van der Waals surface area contributed by atoms with Crippen molar-refractivity contribution in [3.05, 3.63) is 57.1 Å². The van der Waals surface area contributed by atoms with E-state index in [0.717, 1.165) is 0 Å². The maximum absolute atomic E-state index is 9.86. The van der Waals surface area contributed by atoms with Crippen LogP contribution in [0.5, 0.6) is 5.75 Å². The Balaban J connectivity index is 2.22. The predicted molar refractivity (Wildman–Crippen MR) is 81.3 cm³/mol. The number of hydrogen-bond donors (Lipinski definition) is 2. The highest BCUT2D eigenvalue weighted by Crippen LogP contribution is 2.31. The second-order valence-corrected chi connectivity index (χ2v) is 5.08. The normalized spacial score (nSPS) is 9.71. The molecule has 0 aliphatic carbocycles. The predicted octanol–water partition coefficient (Wildman–Crippen LogP) is 4.05. The molecule has 0 amide bonds. The molecule has 0 fully saturated rings. The number of anilines is 1. The van der Waals surface area contributed by atoms with Gasteiger partial charge in [-0.05, 0) is 30.3 Å². The van der Waals surface area contributed by atoms with Crippen molar-refractivity contribution in [2.45, 2.75) is 6.54 Å². The van der Waals surface area contributed by atoms with Gasteiger partial charge in [-0.3, -0.25) is 0 Å². The van der Waals surface area contributed by atoms with Crippen molar-refractivity contribution in [3.8, 4) is 17.9 Å². The highest BCUT2D eigenvalue weighted by molar-refractivity contribution is 6.35. The summed E-state index contributed by atoms with van der Waals surface area (Å²) in [5.41, 5.74) is 1.80. The van der Waals surface area contributed by atoms with E-state index in [9.17, 15) is 5.11 Å². The minimum Gasteiger partial charge on any atom is -0.506 e. The molecule has 0 saturated heterocycles. The number of phenolic OH excluding ortho intramolecular Hbond substituents is 1. The maximum atomic E-state index is 9.86. The molecule has 0 spiro atoms. The van der Waals surface area contributed by atoms with Gasteiger partial charge in [0.2, 0.25) is 0 Å². The fourth-order valence-corrected chi connectivity index (χ4v) is 2.33. The van der Waals surface area contributed by atoms with Crippen LogP contribution in [0.4, 0.5) is 5.69 Å². The Morgan fingerprint density at radius 1 is 1.05 bits per heavy atom. The molecule has 0 bridgehead atoms. The average Bonchev–Trinajstić information content (AvgIpc) is 2.49. The van der Waals surface area contributed by atoms with E-state index in [1.165, 1.54) is 6.07 Å². The topological polar surface area (TPSA) is 79.8 Å². The van der Waals surface area contributed by atoms with Crippen LogP contribution in [0.25, 0.3) is 0 Å². The van der Waals surface area contributed by atoms with Crippen LogP contribution in [-0.2, 0) is 6.54 Å². The Morgan fingerprint density at radius 3 is 2.43 bits per heavy atom. The van der Waals surface area contributed by atoms with Gasteiger partial charge in [-0.1, -0.05) is 23.2 Å². The lowest BCUT2D eigenvalue weighted by Gasteiger charge is -2.10. The van der Waals surface area contributed by atoms with Crippen LogP contribution < -0.4 is 5.32 Å². The number of nitrogens with one attached hydrogen (secondary N) is 1. The fraction of sp³-hybridized carbons (Fsp3) is 0.0667. The molecule has 0 aromatic heterocycles. The number of aromatic hydroxyl groups is 1. The van der Waals surface area contributed by atoms with Crippen molar-refractivity contribution in [1.29, 1.82) is 10.5 Å². The summed E-state index contributed by atoms with van der Waals surface area (Å²) in [6.07, 6.45) is 0. The van der Waals surface area contributed by atoms with Gasteiger partial charge in [-0.15, -0.1) is 0 Å². The molecule has 2 aromatic rings. The fourth-order valence-electron chi connectivity index (χ4n) is 1.80. The van der Waals surface area contributed by atoms with Gasteiger partial charge in [0.1, 0.15) is 17.9 Å². The standard InChI is InChI=1S/C15H9Cl2N3O/c16-12-3-11(15(21)14(17)5-12)8-20-13-2-1-9(6-18)10(4-13)7-19/h1-5,20-21H,8H2. The summed E-state index contributed by atoms with van der Waals surface area (Å²) in [6, 6.07) is 11.8. The lowest BCUT2D eigenvalue weighted by atomic mass is 10.1. The summed E-state index contributed by atoms with van der Waals surface area (Å²) < 4.78 is 0. The van der Waals surface area contributed by atoms with Crippen LogP contribution in [-0.4, -0.2) is 5.11 Å². The molecule has 2 N–H and O–H groups in total. The summed E-state index contributed by atoms with van der Waals surface area (Å²) in [4.78, 5) is 0. The Labute approximate surface area is 131 Å². The number of hydrogen-bond acceptors (Lipinski definition) is 4. The van der Waals surface area contributed by atoms with Crippen molar-refractivity contribution in [2.75, 3.05) is 5.32 Å². The van der Waals surface area contributed by atoms with Gasteiger partial charge in [-0.2, -0.15) is 10.5 Å². The van der Waals surface area contributed by atoms with E-state index < -0.39 is 0 Å². The number of benzene rings is 2. The SMILES string of the molecule is N#Cc1ccc(NCc2cc(Cl)cc(Cl)c2O)cc1C#N. The van der Waals surface area contributed by atoms with Crippen LogP contribution in [0.3, 0.4) is 0 Å². The molecule has 104 valence electrons. The zero-order valence-corrected chi connectivity index (χ0v) is 12.2. The highest BCUT2D eigenvalue weighted by Gasteiger charge is 2.08. The Hall–Kier alpha value is -2.40. The van der Waals surface area contributed by atoms with E-state index >= 15 is 0 Å².